The molecule has 0 heterocycles. The molecule has 0 fully saturated rings. The van der Waals surface area contributed by atoms with Crippen LogP contribution in [0.5, 0.6) is 0 Å². The number of benzene rings is 1. The van der Waals surface area contributed by atoms with Gasteiger partial charge < -0.3 is 10.2 Å². The van der Waals surface area contributed by atoms with Crippen molar-refractivity contribution in [3.63, 3.8) is 0 Å². The van der Waals surface area contributed by atoms with Gasteiger partial charge in [-0.25, -0.2) is 4.39 Å². The Kier molecular flexibility index (Phi) is 6.43. The minimum atomic E-state index is -0.317. The van der Waals surface area contributed by atoms with Crippen molar-refractivity contribution >= 4 is 17.5 Å². The van der Waals surface area contributed by atoms with Gasteiger partial charge in [-0.2, -0.15) is 0 Å². The van der Waals surface area contributed by atoms with Gasteiger partial charge in [-0.3, -0.25) is 4.79 Å². The van der Waals surface area contributed by atoms with E-state index in [-0.39, 0.29) is 24.3 Å². The van der Waals surface area contributed by atoms with E-state index in [0.717, 1.165) is 0 Å². The van der Waals surface area contributed by atoms with Gasteiger partial charge in [0.15, 0.2) is 0 Å². The molecule has 20 heavy (non-hydrogen) atoms. The molecule has 0 radical (unpaired) electrons. The second-order valence-electron chi connectivity index (χ2n) is 5.53. The third kappa shape index (κ3) is 5.10. The molecule has 0 spiro atoms. The zero-order valence-electron chi connectivity index (χ0n) is 12.4. The lowest BCUT2D eigenvalue weighted by Crippen LogP contribution is -2.44. The summed E-state index contributed by atoms with van der Waals surface area (Å²) < 4.78 is 13.6. The maximum Gasteiger partial charge on any atom is 0.239 e. The van der Waals surface area contributed by atoms with Gasteiger partial charge in [-0.05, 0) is 30.5 Å². The van der Waals surface area contributed by atoms with Crippen LogP contribution in [0.2, 0.25) is 5.02 Å². The Morgan fingerprint density at radius 2 is 2.05 bits per heavy atom. The SMILES string of the molecule is CC(C)CC(NCc1cc(Cl)ccc1F)C(=O)N(C)C. The first-order valence-corrected chi connectivity index (χ1v) is 7.07. The number of nitrogens with zero attached hydrogens (tertiary/aromatic N) is 1. The number of amides is 1. The highest BCUT2D eigenvalue weighted by Gasteiger charge is 2.21. The van der Waals surface area contributed by atoms with Crippen LogP contribution in [0, 0.1) is 11.7 Å². The van der Waals surface area contributed by atoms with Crippen LogP contribution in [0.25, 0.3) is 0 Å². The fraction of sp³-hybridized carbons (Fsp3) is 0.533. The van der Waals surface area contributed by atoms with Gasteiger partial charge in [0.25, 0.3) is 0 Å². The predicted octanol–water partition coefficient (Wildman–Crippen LogP) is 3.07. The normalized spacial score (nSPS) is 12.6. The molecular weight excluding hydrogens is 279 g/mol. The van der Waals surface area contributed by atoms with Gasteiger partial charge in [0, 0.05) is 31.2 Å². The largest absolute Gasteiger partial charge is 0.347 e. The molecule has 1 rings (SSSR count). The van der Waals surface area contributed by atoms with E-state index in [4.69, 9.17) is 11.6 Å². The topological polar surface area (TPSA) is 32.3 Å². The van der Waals surface area contributed by atoms with Crippen LogP contribution in [0.1, 0.15) is 25.8 Å². The van der Waals surface area contributed by atoms with Crippen molar-refractivity contribution in [2.45, 2.75) is 32.9 Å². The third-order valence-electron chi connectivity index (χ3n) is 2.99. The maximum absolute atomic E-state index is 13.6. The molecule has 0 saturated carbocycles. The smallest absolute Gasteiger partial charge is 0.239 e. The van der Waals surface area contributed by atoms with Gasteiger partial charge >= 0.3 is 0 Å². The third-order valence-corrected chi connectivity index (χ3v) is 3.23. The number of likely N-dealkylation sites (N-methyl/N-ethyl adjacent to an activating group) is 1. The summed E-state index contributed by atoms with van der Waals surface area (Å²) in [7, 11) is 3.44. The molecule has 1 aromatic carbocycles. The predicted molar refractivity (Wildman–Crippen MR) is 80.2 cm³/mol. The highest BCUT2D eigenvalue weighted by atomic mass is 35.5. The molecule has 0 aromatic heterocycles. The minimum absolute atomic E-state index is 0.00105. The molecular formula is C15H22ClFN2O. The van der Waals surface area contributed by atoms with Crippen LogP contribution >= 0.6 is 11.6 Å². The van der Waals surface area contributed by atoms with E-state index in [9.17, 15) is 9.18 Å². The van der Waals surface area contributed by atoms with Crippen molar-refractivity contribution in [2.75, 3.05) is 14.1 Å². The van der Waals surface area contributed by atoms with Crippen molar-refractivity contribution < 1.29 is 9.18 Å². The van der Waals surface area contributed by atoms with Gasteiger partial charge in [0.05, 0.1) is 6.04 Å². The number of hydrogen-bond acceptors (Lipinski definition) is 2. The number of carbonyl (C=O) groups is 1. The number of hydrogen-bond donors (Lipinski definition) is 1. The lowest BCUT2D eigenvalue weighted by Gasteiger charge is -2.23. The van der Waals surface area contributed by atoms with E-state index in [1.165, 1.54) is 12.1 Å². The average Bonchev–Trinajstić information content (AvgIpc) is 2.36. The summed E-state index contributed by atoms with van der Waals surface area (Å²) in [6.07, 6.45) is 0.708. The van der Waals surface area contributed by atoms with Gasteiger partial charge in [0.2, 0.25) is 5.91 Å². The number of halogens is 2. The molecule has 0 saturated heterocycles. The monoisotopic (exact) mass is 300 g/mol. The molecule has 0 aliphatic rings. The molecule has 1 N–H and O–H groups in total. The first-order chi connectivity index (χ1) is 9.31. The zero-order chi connectivity index (χ0) is 15.3. The summed E-state index contributed by atoms with van der Waals surface area (Å²) in [6.45, 7) is 4.39. The first kappa shape index (κ1) is 16.9. The molecule has 1 atom stereocenters. The molecule has 1 aromatic rings. The van der Waals surface area contributed by atoms with Gasteiger partial charge in [0.1, 0.15) is 5.82 Å². The van der Waals surface area contributed by atoms with Crippen molar-refractivity contribution in [1.82, 2.24) is 10.2 Å². The van der Waals surface area contributed by atoms with Crippen LogP contribution in [-0.2, 0) is 11.3 Å². The van der Waals surface area contributed by atoms with E-state index < -0.39 is 0 Å². The van der Waals surface area contributed by atoms with Crippen molar-refractivity contribution in [2.24, 2.45) is 5.92 Å². The quantitative estimate of drug-likeness (QED) is 0.875. The summed E-state index contributed by atoms with van der Waals surface area (Å²) in [4.78, 5) is 13.6. The minimum Gasteiger partial charge on any atom is -0.347 e. The molecule has 0 aliphatic carbocycles. The highest BCUT2D eigenvalue weighted by molar-refractivity contribution is 6.30. The maximum atomic E-state index is 13.6. The Labute approximate surface area is 125 Å². The summed E-state index contributed by atoms with van der Waals surface area (Å²) >= 11 is 5.86. The lowest BCUT2D eigenvalue weighted by atomic mass is 10.0. The van der Waals surface area contributed by atoms with Crippen LogP contribution in [-0.4, -0.2) is 30.9 Å². The summed E-state index contributed by atoms with van der Waals surface area (Å²) in [5.74, 6) is 0.0595. The molecule has 1 amide bonds. The Morgan fingerprint density at radius 3 is 2.60 bits per heavy atom. The molecule has 112 valence electrons. The van der Waals surface area contributed by atoms with E-state index in [1.807, 2.05) is 0 Å². The first-order valence-electron chi connectivity index (χ1n) is 6.69. The van der Waals surface area contributed by atoms with Crippen molar-refractivity contribution in [1.29, 1.82) is 0 Å². The lowest BCUT2D eigenvalue weighted by molar-refractivity contribution is -0.131. The Hall–Kier alpha value is -1.13. The molecule has 3 nitrogen and oxygen atoms in total. The fourth-order valence-electron chi connectivity index (χ4n) is 1.97. The Balaban J connectivity index is 2.75. The molecule has 5 heteroatoms. The zero-order valence-corrected chi connectivity index (χ0v) is 13.2. The Morgan fingerprint density at radius 1 is 1.40 bits per heavy atom. The summed E-state index contributed by atoms with van der Waals surface area (Å²) in [5.41, 5.74) is 0.470. The summed E-state index contributed by atoms with van der Waals surface area (Å²) in [5, 5.41) is 3.62. The number of nitrogens with one attached hydrogen (secondary N) is 1. The van der Waals surface area contributed by atoms with Crippen LogP contribution < -0.4 is 5.32 Å². The fourth-order valence-corrected chi connectivity index (χ4v) is 2.16. The van der Waals surface area contributed by atoms with E-state index >= 15 is 0 Å². The van der Waals surface area contributed by atoms with E-state index in [2.05, 4.69) is 19.2 Å². The van der Waals surface area contributed by atoms with E-state index in [0.29, 0.717) is 22.9 Å². The van der Waals surface area contributed by atoms with Gasteiger partial charge in [-0.1, -0.05) is 25.4 Å². The Bertz CT molecular complexity index is 463. The van der Waals surface area contributed by atoms with Gasteiger partial charge in [-0.15, -0.1) is 0 Å². The standard InChI is InChI=1S/C15H22ClFN2O/c1-10(2)7-14(15(20)19(3)4)18-9-11-8-12(16)5-6-13(11)17/h5-6,8,10,14,18H,7,9H2,1-4H3. The average molecular weight is 301 g/mol. The van der Waals surface area contributed by atoms with Crippen LogP contribution in [0.15, 0.2) is 18.2 Å². The number of rotatable bonds is 6. The van der Waals surface area contributed by atoms with Crippen LogP contribution in [0.3, 0.4) is 0 Å². The molecule has 0 aliphatic heterocycles. The van der Waals surface area contributed by atoms with Crippen LogP contribution in [0.4, 0.5) is 4.39 Å². The van der Waals surface area contributed by atoms with Crippen molar-refractivity contribution in [3.8, 4) is 0 Å². The molecule has 1 unspecified atom stereocenters. The summed E-state index contributed by atoms with van der Waals surface area (Å²) in [6, 6.07) is 4.11. The number of carbonyl (C=O) groups excluding carboxylic acids is 1. The second kappa shape index (κ2) is 7.60. The highest BCUT2D eigenvalue weighted by Crippen LogP contribution is 2.15. The van der Waals surface area contributed by atoms with Crippen molar-refractivity contribution in [3.05, 3.63) is 34.6 Å². The molecule has 0 bridgehead atoms. The second-order valence-corrected chi connectivity index (χ2v) is 5.97. The van der Waals surface area contributed by atoms with E-state index in [1.54, 1.807) is 25.1 Å².